The molecular formula is C29H33NO8. The van der Waals surface area contributed by atoms with Crippen LogP contribution in [0.25, 0.3) is 0 Å². The molecule has 0 bridgehead atoms. The number of methoxy groups -OCH3 is 4. The topological polar surface area (TPSA) is 113 Å². The molecule has 1 N–H and O–H groups in total. The monoisotopic (exact) mass is 523 g/mol. The van der Waals surface area contributed by atoms with E-state index in [0.717, 1.165) is 5.56 Å². The maximum Gasteiger partial charge on any atom is 0.315 e. The van der Waals surface area contributed by atoms with Crippen molar-refractivity contribution < 1.29 is 38.4 Å². The predicted octanol–water partition coefficient (Wildman–Crippen LogP) is 4.18. The van der Waals surface area contributed by atoms with Crippen LogP contribution in [0.5, 0.6) is 23.0 Å². The van der Waals surface area contributed by atoms with Gasteiger partial charge in [-0.15, -0.1) is 0 Å². The van der Waals surface area contributed by atoms with Gasteiger partial charge in [0, 0.05) is 36.4 Å². The molecule has 0 radical (unpaired) electrons. The number of phenolic OH excluding ortho intramolecular Hbond substituents is 1. The van der Waals surface area contributed by atoms with Crippen LogP contribution in [-0.4, -0.2) is 64.2 Å². The van der Waals surface area contributed by atoms with Gasteiger partial charge in [-0.05, 0) is 54.7 Å². The molecule has 4 rings (SSSR count). The van der Waals surface area contributed by atoms with Crippen LogP contribution in [0, 0.1) is 5.92 Å². The lowest BCUT2D eigenvalue weighted by molar-refractivity contribution is -0.147. The standard InChI is InChI=1S/C29H33NO8/c1-16-26(29(33)38-11-10-34-2)27(18-6-8-21(31)24(15-18)36-4)28-20(30-16)12-19(13-22(28)32)17-7-9-23(35-3)25(14-17)37-5/h6-9,14-15,19,26-27,31H,10-13H2,1-5H3/t19-,26?,27-/m1/s1. The third kappa shape index (κ3) is 5.24. The summed E-state index contributed by atoms with van der Waals surface area (Å²) in [7, 11) is 6.13. The van der Waals surface area contributed by atoms with Crippen LogP contribution >= 0.6 is 0 Å². The Labute approximate surface area is 222 Å². The lowest BCUT2D eigenvalue weighted by atomic mass is 9.69. The number of phenols is 1. The molecule has 9 heteroatoms. The van der Waals surface area contributed by atoms with Crippen molar-refractivity contribution in [3.05, 3.63) is 58.8 Å². The molecule has 9 nitrogen and oxygen atoms in total. The van der Waals surface area contributed by atoms with Crippen LogP contribution in [0.3, 0.4) is 0 Å². The number of nitrogens with zero attached hydrogens (tertiary/aromatic N) is 1. The molecule has 2 aromatic carbocycles. The third-order valence-electron chi connectivity index (χ3n) is 7.12. The van der Waals surface area contributed by atoms with Gasteiger partial charge in [0.1, 0.15) is 12.5 Å². The van der Waals surface area contributed by atoms with Crippen molar-refractivity contribution in [2.24, 2.45) is 10.9 Å². The molecule has 202 valence electrons. The highest BCUT2D eigenvalue weighted by molar-refractivity contribution is 6.09. The highest BCUT2D eigenvalue weighted by Gasteiger charge is 2.45. The minimum Gasteiger partial charge on any atom is -0.504 e. The number of carbonyl (C=O) groups is 2. The van der Waals surface area contributed by atoms with Crippen LogP contribution < -0.4 is 14.2 Å². The maximum atomic E-state index is 13.8. The zero-order valence-corrected chi connectivity index (χ0v) is 22.3. The van der Waals surface area contributed by atoms with E-state index in [1.807, 2.05) is 18.2 Å². The molecule has 0 fully saturated rings. The van der Waals surface area contributed by atoms with Crippen molar-refractivity contribution in [3.8, 4) is 23.0 Å². The summed E-state index contributed by atoms with van der Waals surface area (Å²) in [5.41, 5.74) is 3.31. The summed E-state index contributed by atoms with van der Waals surface area (Å²) in [5, 5.41) is 10.2. The fourth-order valence-electron chi connectivity index (χ4n) is 5.27. The van der Waals surface area contributed by atoms with E-state index in [9.17, 15) is 14.7 Å². The SMILES string of the molecule is COCCOC(=O)C1C(C)=NC2=C(C(=O)C[C@H](c3ccc(OC)c(OC)c3)C2)[C@@H]1c1ccc(O)c(OC)c1. The first-order chi connectivity index (χ1) is 18.3. The van der Waals surface area contributed by atoms with Gasteiger partial charge in [0.15, 0.2) is 28.8 Å². The molecular weight excluding hydrogens is 490 g/mol. The number of aliphatic imine (C=N–C) groups is 1. The third-order valence-corrected chi connectivity index (χ3v) is 7.12. The van der Waals surface area contributed by atoms with Crippen molar-refractivity contribution in [1.29, 1.82) is 0 Å². The molecule has 0 saturated heterocycles. The van der Waals surface area contributed by atoms with Gasteiger partial charge in [-0.1, -0.05) is 12.1 Å². The van der Waals surface area contributed by atoms with E-state index in [0.29, 0.717) is 40.5 Å². The quantitative estimate of drug-likeness (QED) is 0.385. The van der Waals surface area contributed by atoms with Crippen molar-refractivity contribution in [3.63, 3.8) is 0 Å². The number of hydrogen-bond acceptors (Lipinski definition) is 9. The first-order valence-corrected chi connectivity index (χ1v) is 12.4. The van der Waals surface area contributed by atoms with Crippen molar-refractivity contribution >= 4 is 17.5 Å². The van der Waals surface area contributed by atoms with Crippen LogP contribution in [0.2, 0.25) is 0 Å². The second kappa shape index (κ2) is 11.7. The highest BCUT2D eigenvalue weighted by atomic mass is 16.6. The van der Waals surface area contributed by atoms with E-state index in [2.05, 4.69) is 0 Å². The molecule has 1 heterocycles. The van der Waals surface area contributed by atoms with E-state index in [1.54, 1.807) is 33.3 Å². The Morgan fingerprint density at radius 1 is 0.921 bits per heavy atom. The fourth-order valence-corrected chi connectivity index (χ4v) is 5.27. The second-order valence-corrected chi connectivity index (χ2v) is 9.30. The van der Waals surface area contributed by atoms with Gasteiger partial charge in [0.2, 0.25) is 0 Å². The molecule has 2 aromatic rings. The number of ketones is 1. The normalized spacial score (nSPS) is 20.9. The van der Waals surface area contributed by atoms with Gasteiger partial charge in [0.05, 0.1) is 27.9 Å². The van der Waals surface area contributed by atoms with E-state index in [4.69, 9.17) is 28.7 Å². The van der Waals surface area contributed by atoms with Gasteiger partial charge in [-0.2, -0.15) is 0 Å². The number of hydrogen-bond donors (Lipinski definition) is 1. The average molecular weight is 524 g/mol. The summed E-state index contributed by atoms with van der Waals surface area (Å²) >= 11 is 0. The Bertz CT molecular complexity index is 1280. The number of Topliss-reactive ketones (excluding diaryl/α,β-unsaturated/α-hetero) is 1. The Balaban J connectivity index is 1.77. The van der Waals surface area contributed by atoms with Gasteiger partial charge in [-0.25, -0.2) is 0 Å². The lowest BCUT2D eigenvalue weighted by Gasteiger charge is -2.36. The second-order valence-electron chi connectivity index (χ2n) is 9.30. The molecule has 1 aliphatic heterocycles. The summed E-state index contributed by atoms with van der Waals surface area (Å²) in [4.78, 5) is 31.9. The Morgan fingerprint density at radius 3 is 2.29 bits per heavy atom. The Morgan fingerprint density at radius 2 is 1.61 bits per heavy atom. The van der Waals surface area contributed by atoms with Gasteiger partial charge in [-0.3, -0.25) is 14.6 Å². The molecule has 38 heavy (non-hydrogen) atoms. The van der Waals surface area contributed by atoms with Gasteiger partial charge < -0.3 is 28.8 Å². The molecule has 0 saturated carbocycles. The summed E-state index contributed by atoms with van der Waals surface area (Å²) in [6.07, 6.45) is 0.769. The minimum absolute atomic E-state index is 0.0330. The molecule has 0 spiro atoms. The van der Waals surface area contributed by atoms with Crippen molar-refractivity contribution in [2.75, 3.05) is 41.7 Å². The number of benzene rings is 2. The molecule has 2 aliphatic rings. The van der Waals surface area contributed by atoms with Crippen LogP contribution in [0.1, 0.15) is 42.7 Å². The van der Waals surface area contributed by atoms with E-state index < -0.39 is 17.8 Å². The molecule has 0 amide bonds. The number of carbonyl (C=O) groups excluding carboxylic acids is 2. The summed E-state index contributed by atoms with van der Waals surface area (Å²) < 4.78 is 26.6. The molecule has 1 aliphatic carbocycles. The van der Waals surface area contributed by atoms with Gasteiger partial charge >= 0.3 is 5.97 Å². The largest absolute Gasteiger partial charge is 0.504 e. The van der Waals surface area contributed by atoms with Crippen LogP contribution in [0.4, 0.5) is 0 Å². The minimum atomic E-state index is -0.804. The number of aromatic hydroxyl groups is 1. The molecule has 0 aromatic heterocycles. The van der Waals surface area contributed by atoms with Crippen molar-refractivity contribution in [1.82, 2.24) is 0 Å². The summed E-state index contributed by atoms with van der Waals surface area (Å²) in [5.74, 6) is -0.701. The highest BCUT2D eigenvalue weighted by Crippen LogP contribution is 2.48. The number of ether oxygens (including phenoxy) is 5. The fraction of sp³-hybridized carbons (Fsp3) is 0.414. The number of rotatable bonds is 9. The zero-order chi connectivity index (χ0) is 27.4. The lowest BCUT2D eigenvalue weighted by Crippen LogP contribution is -2.38. The average Bonchev–Trinajstić information content (AvgIpc) is 2.92. The summed E-state index contributed by atoms with van der Waals surface area (Å²) in [6.45, 7) is 2.12. The van der Waals surface area contributed by atoms with Gasteiger partial charge in [0.25, 0.3) is 0 Å². The number of allylic oxidation sites excluding steroid dienone is 2. The smallest absolute Gasteiger partial charge is 0.315 e. The van der Waals surface area contributed by atoms with E-state index in [1.165, 1.54) is 20.3 Å². The zero-order valence-electron chi connectivity index (χ0n) is 22.3. The molecule has 3 atom stereocenters. The maximum absolute atomic E-state index is 13.8. The first-order valence-electron chi connectivity index (χ1n) is 12.4. The van der Waals surface area contributed by atoms with Crippen molar-refractivity contribution in [2.45, 2.75) is 31.6 Å². The first kappa shape index (κ1) is 27.2. The molecule has 1 unspecified atom stereocenters. The summed E-state index contributed by atoms with van der Waals surface area (Å²) in [6, 6.07) is 10.5. The predicted molar refractivity (Wildman–Crippen MR) is 140 cm³/mol. The van der Waals surface area contributed by atoms with E-state index in [-0.39, 0.29) is 42.8 Å². The Kier molecular flexibility index (Phi) is 8.36. The number of esters is 1. The van der Waals surface area contributed by atoms with Crippen LogP contribution in [-0.2, 0) is 19.1 Å². The van der Waals surface area contributed by atoms with E-state index >= 15 is 0 Å². The van der Waals surface area contributed by atoms with Crippen LogP contribution in [0.15, 0.2) is 52.7 Å². The Hall–Kier alpha value is -3.85.